The quantitative estimate of drug-likeness (QED) is 0.836. The zero-order valence-electron chi connectivity index (χ0n) is 11.0. The van der Waals surface area contributed by atoms with E-state index in [1.165, 1.54) is 6.92 Å². The highest BCUT2D eigenvalue weighted by molar-refractivity contribution is 7.80. The Bertz CT molecular complexity index is 534. The fourth-order valence-corrected chi connectivity index (χ4v) is 1.67. The predicted octanol–water partition coefficient (Wildman–Crippen LogP) is 2.46. The number of carbonyl (C=O) groups excluding carboxylic acids is 1. The van der Waals surface area contributed by atoms with Gasteiger partial charge in [0.25, 0.3) is 5.91 Å². The average molecular weight is 286 g/mol. The van der Waals surface area contributed by atoms with Crippen molar-refractivity contribution in [3.63, 3.8) is 0 Å². The first-order chi connectivity index (χ1) is 8.71. The number of rotatable bonds is 4. The van der Waals surface area contributed by atoms with Gasteiger partial charge in [-0.2, -0.15) is 0 Å². The summed E-state index contributed by atoms with van der Waals surface area (Å²) in [4.78, 5) is 12.1. The van der Waals surface area contributed by atoms with E-state index in [9.17, 15) is 13.6 Å². The van der Waals surface area contributed by atoms with Crippen LogP contribution < -0.4 is 11.1 Å². The highest BCUT2D eigenvalue weighted by atomic mass is 32.1. The first-order valence-electron chi connectivity index (χ1n) is 5.79. The van der Waals surface area contributed by atoms with E-state index in [0.29, 0.717) is 12.5 Å². The lowest BCUT2D eigenvalue weighted by molar-refractivity contribution is 0.0922. The summed E-state index contributed by atoms with van der Waals surface area (Å²) in [6.45, 7) is 4.91. The van der Waals surface area contributed by atoms with Crippen molar-refractivity contribution in [2.75, 3.05) is 0 Å². The Hall–Kier alpha value is -1.56. The van der Waals surface area contributed by atoms with E-state index in [1.54, 1.807) is 13.8 Å². The van der Waals surface area contributed by atoms with Crippen LogP contribution in [-0.4, -0.2) is 16.4 Å². The minimum absolute atomic E-state index is 0.114. The van der Waals surface area contributed by atoms with Gasteiger partial charge in [0.15, 0.2) is 0 Å². The molecule has 1 unspecified atom stereocenters. The van der Waals surface area contributed by atoms with Crippen LogP contribution in [0.2, 0.25) is 0 Å². The number of halogens is 2. The van der Waals surface area contributed by atoms with Crippen molar-refractivity contribution < 1.29 is 13.6 Å². The smallest absolute Gasteiger partial charge is 0.255 e. The highest BCUT2D eigenvalue weighted by Gasteiger charge is 2.29. The number of aryl methyl sites for hydroxylation is 1. The Morgan fingerprint density at radius 3 is 2.47 bits per heavy atom. The van der Waals surface area contributed by atoms with Crippen LogP contribution in [0.15, 0.2) is 12.1 Å². The normalized spacial score (nSPS) is 13.7. The van der Waals surface area contributed by atoms with Crippen molar-refractivity contribution in [1.29, 1.82) is 0 Å². The molecule has 0 saturated carbocycles. The summed E-state index contributed by atoms with van der Waals surface area (Å²) in [5, 5.41) is 2.58. The average Bonchev–Trinajstić information content (AvgIpc) is 2.33. The number of benzene rings is 1. The molecule has 0 aliphatic carbocycles. The summed E-state index contributed by atoms with van der Waals surface area (Å²) in [6.07, 6.45) is 0.468. The molecule has 0 fully saturated rings. The van der Waals surface area contributed by atoms with Crippen molar-refractivity contribution >= 4 is 23.1 Å². The maximum atomic E-state index is 13.6. The zero-order chi connectivity index (χ0) is 14.8. The Balaban J connectivity index is 3.08. The molecule has 104 valence electrons. The van der Waals surface area contributed by atoms with Crippen LogP contribution >= 0.6 is 12.2 Å². The van der Waals surface area contributed by atoms with E-state index < -0.39 is 23.1 Å². The third-order valence-electron chi connectivity index (χ3n) is 3.13. The first-order valence-corrected chi connectivity index (χ1v) is 6.20. The maximum Gasteiger partial charge on any atom is 0.255 e. The van der Waals surface area contributed by atoms with Crippen LogP contribution in [0.25, 0.3) is 0 Å². The Morgan fingerprint density at radius 2 is 2.00 bits per heavy atom. The van der Waals surface area contributed by atoms with Gasteiger partial charge < -0.3 is 11.1 Å². The lowest BCUT2D eigenvalue weighted by Crippen LogP contribution is -2.54. The summed E-state index contributed by atoms with van der Waals surface area (Å²) in [5.74, 6) is -2.28. The molecular weight excluding hydrogens is 270 g/mol. The maximum absolute atomic E-state index is 13.6. The second-order valence-corrected chi connectivity index (χ2v) is 5.03. The third kappa shape index (κ3) is 3.26. The lowest BCUT2D eigenvalue weighted by atomic mass is 9.98. The molecular formula is C13H16F2N2OS. The van der Waals surface area contributed by atoms with Gasteiger partial charge in [-0.05, 0) is 31.9 Å². The SMILES string of the molecule is CCC(C)(NC(=O)c1cc(C)c(F)cc1F)C(N)=S. The van der Waals surface area contributed by atoms with Gasteiger partial charge in [0, 0.05) is 6.07 Å². The molecule has 0 aliphatic heterocycles. The Labute approximate surface area is 116 Å². The molecule has 0 bridgehead atoms. The van der Waals surface area contributed by atoms with E-state index in [1.807, 2.05) is 0 Å². The molecule has 6 heteroatoms. The zero-order valence-corrected chi connectivity index (χ0v) is 11.8. The van der Waals surface area contributed by atoms with Crippen LogP contribution in [0.4, 0.5) is 8.78 Å². The molecule has 1 atom stereocenters. The van der Waals surface area contributed by atoms with Gasteiger partial charge in [0.05, 0.1) is 16.1 Å². The van der Waals surface area contributed by atoms with Gasteiger partial charge in [-0.1, -0.05) is 19.1 Å². The molecule has 1 rings (SSSR count). The number of hydrogen-bond donors (Lipinski definition) is 2. The van der Waals surface area contributed by atoms with Gasteiger partial charge in [0.1, 0.15) is 11.6 Å². The molecule has 0 saturated heterocycles. The number of hydrogen-bond acceptors (Lipinski definition) is 2. The summed E-state index contributed by atoms with van der Waals surface area (Å²) in [6, 6.07) is 1.85. The van der Waals surface area contributed by atoms with Crippen molar-refractivity contribution in [2.24, 2.45) is 5.73 Å². The molecule has 1 aromatic rings. The van der Waals surface area contributed by atoms with Crippen LogP contribution in [0.1, 0.15) is 36.2 Å². The summed E-state index contributed by atoms with van der Waals surface area (Å²) < 4.78 is 26.7. The Morgan fingerprint density at radius 1 is 1.42 bits per heavy atom. The minimum Gasteiger partial charge on any atom is -0.391 e. The van der Waals surface area contributed by atoms with Crippen molar-refractivity contribution in [1.82, 2.24) is 5.32 Å². The molecule has 0 aliphatic rings. The van der Waals surface area contributed by atoms with Crippen LogP contribution in [0.3, 0.4) is 0 Å². The van der Waals surface area contributed by atoms with E-state index in [0.717, 1.165) is 6.07 Å². The molecule has 1 aromatic carbocycles. The number of nitrogens with one attached hydrogen (secondary N) is 1. The molecule has 3 N–H and O–H groups in total. The Kier molecular flexibility index (Phi) is 4.57. The van der Waals surface area contributed by atoms with Crippen LogP contribution in [-0.2, 0) is 0 Å². The van der Waals surface area contributed by atoms with Crippen LogP contribution in [0.5, 0.6) is 0 Å². The number of carbonyl (C=O) groups is 1. The molecule has 3 nitrogen and oxygen atoms in total. The standard InChI is InChI=1S/C13H16F2N2OS/c1-4-13(3,12(16)19)17-11(18)8-5-7(2)9(14)6-10(8)15/h5-6H,4H2,1-3H3,(H2,16,19)(H,17,18). The predicted molar refractivity (Wildman–Crippen MR) is 74.0 cm³/mol. The van der Waals surface area contributed by atoms with Crippen molar-refractivity contribution in [3.05, 3.63) is 34.9 Å². The van der Waals surface area contributed by atoms with Crippen LogP contribution in [0, 0.1) is 18.6 Å². The highest BCUT2D eigenvalue weighted by Crippen LogP contribution is 2.16. The van der Waals surface area contributed by atoms with Crippen molar-refractivity contribution in [3.8, 4) is 0 Å². The second-order valence-electron chi connectivity index (χ2n) is 4.59. The van der Waals surface area contributed by atoms with Gasteiger partial charge in [-0.25, -0.2) is 8.78 Å². The summed E-state index contributed by atoms with van der Waals surface area (Å²) in [5.41, 5.74) is 4.63. The fourth-order valence-electron chi connectivity index (χ4n) is 1.47. The number of amides is 1. The monoisotopic (exact) mass is 286 g/mol. The van der Waals surface area contributed by atoms with E-state index in [2.05, 4.69) is 5.32 Å². The summed E-state index contributed by atoms with van der Waals surface area (Å²) in [7, 11) is 0. The fraction of sp³-hybridized carbons (Fsp3) is 0.385. The third-order valence-corrected chi connectivity index (χ3v) is 3.58. The molecule has 19 heavy (non-hydrogen) atoms. The number of nitrogens with two attached hydrogens (primary N) is 1. The minimum atomic E-state index is -0.915. The molecule has 0 spiro atoms. The molecule has 0 heterocycles. The lowest BCUT2D eigenvalue weighted by Gasteiger charge is -2.28. The first kappa shape index (κ1) is 15.5. The van der Waals surface area contributed by atoms with Crippen molar-refractivity contribution in [2.45, 2.75) is 32.7 Å². The molecule has 0 radical (unpaired) electrons. The van der Waals surface area contributed by atoms with Gasteiger partial charge in [-0.3, -0.25) is 4.79 Å². The topological polar surface area (TPSA) is 55.1 Å². The number of thiocarbonyl (C=S) groups is 1. The van der Waals surface area contributed by atoms with E-state index >= 15 is 0 Å². The van der Waals surface area contributed by atoms with Gasteiger partial charge in [0.2, 0.25) is 0 Å². The van der Waals surface area contributed by atoms with E-state index in [-0.39, 0.29) is 16.1 Å². The summed E-state index contributed by atoms with van der Waals surface area (Å²) >= 11 is 4.89. The van der Waals surface area contributed by atoms with Gasteiger partial charge in [-0.15, -0.1) is 0 Å². The van der Waals surface area contributed by atoms with E-state index in [4.69, 9.17) is 18.0 Å². The second kappa shape index (κ2) is 5.61. The molecule has 0 aromatic heterocycles. The molecule has 1 amide bonds. The van der Waals surface area contributed by atoms with Gasteiger partial charge >= 0.3 is 0 Å². The largest absolute Gasteiger partial charge is 0.391 e.